The van der Waals surface area contributed by atoms with E-state index in [0.717, 1.165) is 75.5 Å². The maximum Gasteiger partial charge on any atom is 0.410 e. The Bertz CT molecular complexity index is 1950. The molecule has 1 fully saturated rings. The summed E-state index contributed by atoms with van der Waals surface area (Å²) in [6.07, 6.45) is 3.81. The molecule has 262 valence electrons. The molecule has 10 heteroatoms. The van der Waals surface area contributed by atoms with E-state index >= 15 is 0 Å². The predicted octanol–water partition coefficient (Wildman–Crippen LogP) is 9.51. The second-order valence-corrected chi connectivity index (χ2v) is 15.0. The predicted molar refractivity (Wildman–Crippen MR) is 196 cm³/mol. The Kier molecular flexibility index (Phi) is 9.73. The highest BCUT2D eigenvalue weighted by Crippen LogP contribution is 2.34. The molecular formula is C40H48N6O4. The molecule has 1 atom stereocenters. The van der Waals surface area contributed by atoms with Crippen LogP contribution in [-0.4, -0.2) is 66.2 Å². The van der Waals surface area contributed by atoms with Gasteiger partial charge in [0.05, 0.1) is 35.5 Å². The standard InChI is InChI=1S/C40H48N6O4/c1-8-21-45(37(47)49-39(2,3)4)25-35-42-31-20-19-30(23-32(31)43-35)28-13-11-26(12-14-28)27-15-17-29(18-16-27)33-24-41-36(44-33)34-10-9-22-46(34)38(48)50-40(5,6)7/h11-20,23-24,34H,8-10,21-22,25H2,1-7H3,(H,41,44)(H,42,43)/t34-/m0/s1. The molecule has 5 aromatic rings. The van der Waals surface area contributed by atoms with Gasteiger partial charge in [-0.1, -0.05) is 61.5 Å². The third-order valence-electron chi connectivity index (χ3n) is 8.56. The van der Waals surface area contributed by atoms with Crippen molar-refractivity contribution in [2.75, 3.05) is 13.1 Å². The number of carbonyl (C=O) groups excluding carboxylic acids is 2. The molecule has 2 amide bonds. The monoisotopic (exact) mass is 676 g/mol. The van der Waals surface area contributed by atoms with Gasteiger partial charge in [-0.3, -0.25) is 4.90 Å². The van der Waals surface area contributed by atoms with Crippen LogP contribution in [0.1, 0.15) is 85.4 Å². The first-order valence-corrected chi connectivity index (χ1v) is 17.5. The van der Waals surface area contributed by atoms with E-state index in [4.69, 9.17) is 14.5 Å². The van der Waals surface area contributed by atoms with Gasteiger partial charge in [-0.2, -0.15) is 0 Å². The van der Waals surface area contributed by atoms with Crippen LogP contribution in [0.15, 0.2) is 72.9 Å². The molecule has 0 saturated carbocycles. The van der Waals surface area contributed by atoms with E-state index in [1.165, 1.54) is 0 Å². The third-order valence-corrected chi connectivity index (χ3v) is 8.56. The lowest BCUT2D eigenvalue weighted by atomic mass is 9.99. The topological polar surface area (TPSA) is 116 Å². The number of likely N-dealkylation sites (tertiary alicyclic amines) is 1. The molecule has 2 aromatic heterocycles. The number of hydrogen-bond donors (Lipinski definition) is 2. The van der Waals surface area contributed by atoms with Gasteiger partial charge in [0.15, 0.2) is 0 Å². The zero-order chi connectivity index (χ0) is 35.6. The van der Waals surface area contributed by atoms with E-state index in [1.807, 2.05) is 60.7 Å². The van der Waals surface area contributed by atoms with Crippen LogP contribution in [-0.2, 0) is 16.0 Å². The van der Waals surface area contributed by atoms with E-state index in [1.54, 1.807) is 9.80 Å². The number of nitrogens with one attached hydrogen (secondary N) is 2. The summed E-state index contributed by atoms with van der Waals surface area (Å²) < 4.78 is 11.2. The first-order chi connectivity index (χ1) is 23.8. The van der Waals surface area contributed by atoms with Crippen molar-refractivity contribution in [3.8, 4) is 33.5 Å². The van der Waals surface area contributed by atoms with Crippen LogP contribution in [0.5, 0.6) is 0 Å². The first-order valence-electron chi connectivity index (χ1n) is 17.5. The number of fused-ring (bicyclic) bond motifs is 1. The van der Waals surface area contributed by atoms with Gasteiger partial charge in [0.2, 0.25) is 0 Å². The summed E-state index contributed by atoms with van der Waals surface area (Å²) in [5.41, 5.74) is 7.04. The Morgan fingerprint density at radius 2 is 1.44 bits per heavy atom. The highest BCUT2D eigenvalue weighted by molar-refractivity contribution is 5.83. The average Bonchev–Trinajstić information content (AvgIpc) is 3.82. The van der Waals surface area contributed by atoms with E-state index < -0.39 is 11.2 Å². The van der Waals surface area contributed by atoms with E-state index in [0.29, 0.717) is 19.6 Å². The van der Waals surface area contributed by atoms with Crippen LogP contribution in [0, 0.1) is 0 Å². The Labute approximate surface area is 294 Å². The Balaban J connectivity index is 1.12. The number of carbonyl (C=O) groups is 2. The molecule has 2 N–H and O–H groups in total. The minimum atomic E-state index is -0.555. The van der Waals surface area contributed by atoms with Gasteiger partial charge in [-0.15, -0.1) is 0 Å². The number of H-pyrrole nitrogens is 2. The molecule has 50 heavy (non-hydrogen) atoms. The van der Waals surface area contributed by atoms with Crippen LogP contribution in [0.25, 0.3) is 44.5 Å². The molecule has 0 radical (unpaired) electrons. The SMILES string of the molecule is CCCN(Cc1nc2ccc(-c3ccc(-c4ccc(-c5cnc([C@@H]6CCCN6C(=O)OC(C)(C)C)[nH]5)cc4)cc3)cc2[nH]1)C(=O)OC(C)(C)C. The van der Waals surface area contributed by atoms with Gasteiger partial charge >= 0.3 is 12.2 Å². The Morgan fingerprint density at radius 1 is 0.840 bits per heavy atom. The van der Waals surface area contributed by atoms with Crippen molar-refractivity contribution >= 4 is 23.2 Å². The first kappa shape index (κ1) is 34.7. The van der Waals surface area contributed by atoms with Gasteiger partial charge in [0.1, 0.15) is 22.9 Å². The number of amides is 2. The van der Waals surface area contributed by atoms with Crippen molar-refractivity contribution in [1.82, 2.24) is 29.7 Å². The molecule has 1 aliphatic heterocycles. The van der Waals surface area contributed by atoms with E-state index in [2.05, 4.69) is 75.6 Å². The van der Waals surface area contributed by atoms with Crippen LogP contribution in [0.4, 0.5) is 9.59 Å². The molecule has 1 saturated heterocycles. The highest BCUT2D eigenvalue weighted by Gasteiger charge is 2.35. The van der Waals surface area contributed by atoms with Crippen molar-refractivity contribution in [1.29, 1.82) is 0 Å². The zero-order valence-electron chi connectivity index (χ0n) is 30.2. The van der Waals surface area contributed by atoms with Crippen molar-refractivity contribution in [3.63, 3.8) is 0 Å². The molecule has 1 aliphatic rings. The number of rotatable bonds is 8. The smallest absolute Gasteiger partial charge is 0.410 e. The number of nitrogens with zero attached hydrogens (tertiary/aromatic N) is 4. The molecular weight excluding hydrogens is 628 g/mol. The number of benzene rings is 3. The fraction of sp³-hybridized carbons (Fsp3) is 0.400. The van der Waals surface area contributed by atoms with Crippen molar-refractivity contribution < 1.29 is 19.1 Å². The third kappa shape index (κ3) is 8.18. The summed E-state index contributed by atoms with van der Waals surface area (Å²) >= 11 is 0. The fourth-order valence-electron chi connectivity index (χ4n) is 6.27. The summed E-state index contributed by atoms with van der Waals surface area (Å²) in [6, 6.07) is 23.0. The van der Waals surface area contributed by atoms with Gasteiger partial charge in [0.25, 0.3) is 0 Å². The molecule has 3 aromatic carbocycles. The van der Waals surface area contributed by atoms with Crippen LogP contribution in [0.2, 0.25) is 0 Å². The van der Waals surface area contributed by atoms with E-state index in [9.17, 15) is 9.59 Å². The summed E-state index contributed by atoms with van der Waals surface area (Å²) in [5, 5.41) is 0. The van der Waals surface area contributed by atoms with Crippen molar-refractivity contribution in [2.45, 2.75) is 91.5 Å². The molecule has 10 nitrogen and oxygen atoms in total. The lowest BCUT2D eigenvalue weighted by Crippen LogP contribution is -2.37. The lowest BCUT2D eigenvalue weighted by molar-refractivity contribution is 0.0212. The zero-order valence-corrected chi connectivity index (χ0v) is 30.2. The summed E-state index contributed by atoms with van der Waals surface area (Å²) in [4.78, 5) is 45.3. The largest absolute Gasteiger partial charge is 0.444 e. The van der Waals surface area contributed by atoms with Crippen LogP contribution in [0.3, 0.4) is 0 Å². The second kappa shape index (κ2) is 14.0. The van der Waals surface area contributed by atoms with Gasteiger partial charge in [0, 0.05) is 13.1 Å². The lowest BCUT2D eigenvalue weighted by Gasteiger charge is -2.27. The number of imidazole rings is 2. The number of ether oxygens (including phenoxy) is 2. The Hall–Kier alpha value is -5.12. The van der Waals surface area contributed by atoms with Gasteiger partial charge in [-0.05, 0) is 101 Å². The Morgan fingerprint density at radius 3 is 2.06 bits per heavy atom. The minimum Gasteiger partial charge on any atom is -0.444 e. The maximum atomic E-state index is 12.8. The summed E-state index contributed by atoms with van der Waals surface area (Å²) in [5.74, 6) is 1.51. The minimum absolute atomic E-state index is 0.118. The number of aromatic amines is 2. The number of aromatic nitrogens is 4. The quantitative estimate of drug-likeness (QED) is 0.169. The molecule has 6 rings (SSSR count). The van der Waals surface area contributed by atoms with Crippen molar-refractivity contribution in [2.24, 2.45) is 0 Å². The second-order valence-electron chi connectivity index (χ2n) is 15.0. The number of hydrogen-bond acceptors (Lipinski definition) is 6. The normalized spacial score (nSPS) is 15.0. The fourth-order valence-corrected chi connectivity index (χ4v) is 6.27. The van der Waals surface area contributed by atoms with Gasteiger partial charge < -0.3 is 24.3 Å². The maximum absolute atomic E-state index is 12.8. The highest BCUT2D eigenvalue weighted by atomic mass is 16.6. The molecule has 0 spiro atoms. The van der Waals surface area contributed by atoms with Gasteiger partial charge in [-0.25, -0.2) is 19.6 Å². The van der Waals surface area contributed by atoms with Crippen LogP contribution >= 0.6 is 0 Å². The molecule has 0 bridgehead atoms. The summed E-state index contributed by atoms with van der Waals surface area (Å²) in [6.45, 7) is 14.9. The van der Waals surface area contributed by atoms with E-state index in [-0.39, 0.29) is 18.2 Å². The molecule has 0 aliphatic carbocycles. The van der Waals surface area contributed by atoms with Crippen molar-refractivity contribution in [3.05, 3.63) is 84.6 Å². The average molecular weight is 677 g/mol. The molecule has 0 unspecified atom stereocenters. The van der Waals surface area contributed by atoms with Crippen LogP contribution < -0.4 is 0 Å². The summed E-state index contributed by atoms with van der Waals surface area (Å²) in [7, 11) is 0. The molecule has 3 heterocycles.